The van der Waals surface area contributed by atoms with Crippen molar-refractivity contribution >= 4 is 11.9 Å². The van der Waals surface area contributed by atoms with Gasteiger partial charge in [-0.1, -0.05) is 38.1 Å². The van der Waals surface area contributed by atoms with Crippen molar-refractivity contribution in [2.45, 2.75) is 45.7 Å². The van der Waals surface area contributed by atoms with Crippen LogP contribution in [0.15, 0.2) is 36.7 Å². The monoisotopic (exact) mass is 329 g/mol. The van der Waals surface area contributed by atoms with Gasteiger partial charge in [-0.15, -0.1) is 0 Å². The van der Waals surface area contributed by atoms with Crippen LogP contribution in [-0.4, -0.2) is 26.8 Å². The predicted octanol–water partition coefficient (Wildman–Crippen LogP) is 2.97. The average molecular weight is 329 g/mol. The summed E-state index contributed by atoms with van der Waals surface area (Å²) in [5.74, 6) is -0.756. The molecule has 1 aromatic heterocycles. The summed E-state index contributed by atoms with van der Waals surface area (Å²) in [5, 5.41) is 15.5. The molecule has 0 saturated heterocycles. The summed E-state index contributed by atoms with van der Waals surface area (Å²) in [6.45, 7) is 6.00. The topological polar surface area (TPSA) is 84.2 Å². The highest BCUT2D eigenvalue weighted by Crippen LogP contribution is 2.21. The van der Waals surface area contributed by atoms with Crippen molar-refractivity contribution in [3.05, 3.63) is 53.3 Å². The maximum atomic E-state index is 12.2. The fourth-order valence-electron chi connectivity index (χ4n) is 2.42. The maximum absolute atomic E-state index is 12.2. The summed E-state index contributed by atoms with van der Waals surface area (Å²) in [7, 11) is 0. The average Bonchev–Trinajstić information content (AvgIpc) is 3.02. The quantitative estimate of drug-likeness (QED) is 0.818. The lowest BCUT2D eigenvalue weighted by Crippen LogP contribution is -2.26. The molecule has 6 heteroatoms. The molecule has 1 amide bonds. The van der Waals surface area contributed by atoms with E-state index in [1.807, 2.05) is 19.1 Å². The minimum atomic E-state index is -1.00. The van der Waals surface area contributed by atoms with E-state index in [0.29, 0.717) is 11.5 Å². The minimum absolute atomic E-state index is 0.147. The molecule has 0 spiro atoms. The molecule has 0 radical (unpaired) electrons. The second-order valence-corrected chi connectivity index (χ2v) is 5.99. The summed E-state index contributed by atoms with van der Waals surface area (Å²) in [4.78, 5) is 22.9. The molecule has 2 N–H and O–H groups in total. The van der Waals surface area contributed by atoms with E-state index in [0.717, 1.165) is 12.0 Å². The lowest BCUT2D eigenvalue weighted by atomic mass is 9.96. The Morgan fingerprint density at radius 2 is 1.83 bits per heavy atom. The lowest BCUT2D eigenvalue weighted by Gasteiger charge is -2.15. The Labute approximate surface area is 141 Å². The van der Waals surface area contributed by atoms with Crippen molar-refractivity contribution in [3.63, 3.8) is 0 Å². The summed E-state index contributed by atoms with van der Waals surface area (Å²) in [6.07, 6.45) is 3.89. The fourth-order valence-corrected chi connectivity index (χ4v) is 2.42. The molecule has 2 rings (SSSR count). The molecule has 2 unspecified atom stereocenters. The number of nitrogens with one attached hydrogen (secondary N) is 1. The van der Waals surface area contributed by atoms with Crippen LogP contribution < -0.4 is 5.32 Å². The van der Waals surface area contributed by atoms with Crippen LogP contribution in [0.3, 0.4) is 0 Å². The maximum Gasteiger partial charge on any atom is 0.325 e. The molecule has 0 aliphatic rings. The molecular formula is C18H23N3O3. The minimum Gasteiger partial charge on any atom is -0.480 e. The number of aromatic nitrogens is 2. The van der Waals surface area contributed by atoms with Gasteiger partial charge in [0.15, 0.2) is 0 Å². The number of aliphatic carboxylic acids is 1. The third-order valence-corrected chi connectivity index (χ3v) is 4.16. The van der Waals surface area contributed by atoms with Crippen LogP contribution in [0.5, 0.6) is 0 Å². The van der Waals surface area contributed by atoms with Crippen LogP contribution in [0, 0.1) is 0 Å². The number of hydrogen-bond acceptors (Lipinski definition) is 3. The number of rotatable bonds is 7. The van der Waals surface area contributed by atoms with Crippen molar-refractivity contribution in [2.24, 2.45) is 0 Å². The Balaban J connectivity index is 2.00. The van der Waals surface area contributed by atoms with E-state index < -0.39 is 5.97 Å². The first-order valence-corrected chi connectivity index (χ1v) is 8.05. The molecule has 128 valence electrons. The molecular weight excluding hydrogens is 306 g/mol. The highest BCUT2D eigenvalue weighted by Gasteiger charge is 2.14. The van der Waals surface area contributed by atoms with Gasteiger partial charge in [0.05, 0.1) is 17.8 Å². The number of nitrogens with zero attached hydrogens (tertiary/aromatic N) is 2. The molecule has 0 aliphatic carbocycles. The largest absolute Gasteiger partial charge is 0.480 e. The van der Waals surface area contributed by atoms with Gasteiger partial charge in [0.1, 0.15) is 6.54 Å². The summed E-state index contributed by atoms with van der Waals surface area (Å²) in [5.41, 5.74) is 2.65. The van der Waals surface area contributed by atoms with Crippen LogP contribution in [0.2, 0.25) is 0 Å². The highest BCUT2D eigenvalue weighted by atomic mass is 16.4. The van der Waals surface area contributed by atoms with E-state index in [2.05, 4.69) is 36.4 Å². The van der Waals surface area contributed by atoms with E-state index in [4.69, 9.17) is 5.11 Å². The van der Waals surface area contributed by atoms with Crippen molar-refractivity contribution in [1.29, 1.82) is 0 Å². The van der Waals surface area contributed by atoms with E-state index in [-0.39, 0.29) is 18.5 Å². The van der Waals surface area contributed by atoms with Gasteiger partial charge in [0, 0.05) is 6.20 Å². The zero-order chi connectivity index (χ0) is 17.7. The second-order valence-electron chi connectivity index (χ2n) is 5.99. The number of carboxylic acids is 1. The van der Waals surface area contributed by atoms with Crippen LogP contribution in [0.4, 0.5) is 0 Å². The Morgan fingerprint density at radius 1 is 1.21 bits per heavy atom. The van der Waals surface area contributed by atoms with Crippen molar-refractivity contribution in [3.8, 4) is 0 Å². The Kier molecular flexibility index (Phi) is 5.73. The first-order valence-electron chi connectivity index (χ1n) is 8.05. The summed E-state index contributed by atoms with van der Waals surface area (Å²) < 4.78 is 1.23. The van der Waals surface area contributed by atoms with Crippen LogP contribution in [0.1, 0.15) is 60.6 Å². The first-order chi connectivity index (χ1) is 11.4. The standard InChI is InChI=1S/C18H23N3O3/c1-4-12(2)14-5-7-15(8-6-14)13(3)20-18(24)16-9-19-21(10-16)11-17(22)23/h5-10,12-13H,4,11H2,1-3H3,(H,20,24)(H,22,23). The fraction of sp³-hybridized carbons (Fsp3) is 0.389. The number of carboxylic acid groups (broad SMARTS) is 1. The number of amides is 1. The van der Waals surface area contributed by atoms with Crippen molar-refractivity contribution in [2.75, 3.05) is 0 Å². The van der Waals surface area contributed by atoms with Crippen molar-refractivity contribution in [1.82, 2.24) is 15.1 Å². The Morgan fingerprint density at radius 3 is 2.42 bits per heavy atom. The SMILES string of the molecule is CCC(C)c1ccc(C(C)NC(=O)c2cnn(CC(=O)O)c2)cc1. The van der Waals surface area contributed by atoms with E-state index in [1.54, 1.807) is 0 Å². The van der Waals surface area contributed by atoms with E-state index in [9.17, 15) is 9.59 Å². The van der Waals surface area contributed by atoms with Crippen LogP contribution in [0.25, 0.3) is 0 Å². The molecule has 1 aromatic carbocycles. The lowest BCUT2D eigenvalue weighted by molar-refractivity contribution is -0.137. The molecule has 0 aliphatic heterocycles. The van der Waals surface area contributed by atoms with E-state index in [1.165, 1.54) is 22.6 Å². The third-order valence-electron chi connectivity index (χ3n) is 4.16. The van der Waals surface area contributed by atoms with Gasteiger partial charge in [0.25, 0.3) is 5.91 Å². The second kappa shape index (κ2) is 7.77. The van der Waals surface area contributed by atoms with Gasteiger partial charge in [0.2, 0.25) is 0 Å². The van der Waals surface area contributed by atoms with E-state index >= 15 is 0 Å². The molecule has 24 heavy (non-hydrogen) atoms. The van der Waals surface area contributed by atoms with Crippen LogP contribution >= 0.6 is 0 Å². The van der Waals surface area contributed by atoms with Crippen LogP contribution in [-0.2, 0) is 11.3 Å². The number of carbonyl (C=O) groups is 2. The number of carbonyl (C=O) groups excluding carboxylic acids is 1. The van der Waals surface area contributed by atoms with Gasteiger partial charge in [-0.25, -0.2) is 0 Å². The normalized spacial score (nSPS) is 13.3. The smallest absolute Gasteiger partial charge is 0.325 e. The highest BCUT2D eigenvalue weighted by molar-refractivity contribution is 5.94. The molecule has 2 aromatic rings. The molecule has 1 heterocycles. The molecule has 0 saturated carbocycles. The Hall–Kier alpha value is -2.63. The first kappa shape index (κ1) is 17.7. The summed E-state index contributed by atoms with van der Waals surface area (Å²) >= 11 is 0. The third kappa shape index (κ3) is 4.44. The molecule has 0 fully saturated rings. The zero-order valence-corrected chi connectivity index (χ0v) is 14.2. The van der Waals surface area contributed by atoms with Gasteiger partial charge >= 0.3 is 5.97 Å². The van der Waals surface area contributed by atoms with Gasteiger partial charge in [-0.3, -0.25) is 14.3 Å². The molecule has 2 atom stereocenters. The van der Waals surface area contributed by atoms with Gasteiger partial charge in [-0.2, -0.15) is 5.10 Å². The van der Waals surface area contributed by atoms with Gasteiger partial charge < -0.3 is 10.4 Å². The van der Waals surface area contributed by atoms with Gasteiger partial charge in [-0.05, 0) is 30.4 Å². The number of benzene rings is 1. The van der Waals surface area contributed by atoms with Crippen molar-refractivity contribution < 1.29 is 14.7 Å². The zero-order valence-electron chi connectivity index (χ0n) is 14.2. The molecule has 6 nitrogen and oxygen atoms in total. The summed E-state index contributed by atoms with van der Waals surface area (Å²) in [6, 6.07) is 8.10. The Bertz CT molecular complexity index is 707. The number of hydrogen-bond donors (Lipinski definition) is 2. The predicted molar refractivity (Wildman–Crippen MR) is 90.9 cm³/mol. The molecule has 0 bridgehead atoms.